The average molecular weight is 214 g/mol. The Kier molecular flexibility index (Phi) is 3.13. The Bertz CT molecular complexity index is 404. The summed E-state index contributed by atoms with van der Waals surface area (Å²) in [6.07, 6.45) is 0. The second kappa shape index (κ2) is 4.33. The van der Waals surface area contributed by atoms with Crippen LogP contribution in [0.1, 0.15) is 0 Å². The van der Waals surface area contributed by atoms with Crippen molar-refractivity contribution >= 4 is 11.4 Å². The molecular formula is C7H6N2O6. The number of benzene rings is 1. The van der Waals surface area contributed by atoms with Crippen LogP contribution in [0.2, 0.25) is 0 Å². The van der Waals surface area contributed by atoms with E-state index < -0.39 is 28.0 Å². The van der Waals surface area contributed by atoms with Gasteiger partial charge in [-0.25, -0.2) is 0 Å². The molecule has 8 heteroatoms. The minimum absolute atomic E-state index is 0.215. The van der Waals surface area contributed by atoms with Gasteiger partial charge in [-0.05, 0) is 6.07 Å². The van der Waals surface area contributed by atoms with Crippen molar-refractivity contribution in [2.75, 3.05) is 6.79 Å². The van der Waals surface area contributed by atoms with Gasteiger partial charge in [-0.1, -0.05) is 0 Å². The summed E-state index contributed by atoms with van der Waals surface area (Å²) in [5.41, 5.74) is -0.967. The van der Waals surface area contributed by atoms with Crippen LogP contribution in [-0.4, -0.2) is 21.7 Å². The molecule has 0 aliphatic heterocycles. The van der Waals surface area contributed by atoms with E-state index in [1.54, 1.807) is 0 Å². The third kappa shape index (κ3) is 2.38. The lowest BCUT2D eigenvalue weighted by molar-refractivity contribution is -0.394. The molecule has 1 N–H and O–H groups in total. The van der Waals surface area contributed by atoms with Gasteiger partial charge in [0.15, 0.2) is 12.5 Å². The molecular weight excluding hydrogens is 208 g/mol. The van der Waals surface area contributed by atoms with E-state index in [1.165, 1.54) is 0 Å². The third-order valence-electron chi connectivity index (χ3n) is 1.57. The van der Waals surface area contributed by atoms with Gasteiger partial charge in [-0.15, -0.1) is 0 Å². The fraction of sp³-hybridized carbons (Fsp3) is 0.143. The van der Waals surface area contributed by atoms with Crippen LogP contribution >= 0.6 is 0 Å². The second-order valence-corrected chi connectivity index (χ2v) is 2.44. The Labute approximate surface area is 83.0 Å². The summed E-state index contributed by atoms with van der Waals surface area (Å²) >= 11 is 0. The summed E-state index contributed by atoms with van der Waals surface area (Å²) in [6.45, 7) is -0.737. The molecule has 0 unspecified atom stereocenters. The maximum atomic E-state index is 10.5. The van der Waals surface area contributed by atoms with Crippen molar-refractivity contribution in [3.05, 3.63) is 38.4 Å². The van der Waals surface area contributed by atoms with Crippen LogP contribution in [-0.2, 0) is 0 Å². The van der Waals surface area contributed by atoms with Gasteiger partial charge in [0.1, 0.15) is 0 Å². The predicted octanol–water partition coefficient (Wildman–Crippen LogP) is 0.832. The molecule has 0 fully saturated rings. The Morgan fingerprint density at radius 3 is 2.40 bits per heavy atom. The van der Waals surface area contributed by atoms with E-state index >= 15 is 0 Å². The Balaban J connectivity index is 3.20. The maximum absolute atomic E-state index is 10.5. The van der Waals surface area contributed by atoms with Gasteiger partial charge in [-0.2, -0.15) is 0 Å². The number of aliphatic hydroxyl groups is 1. The molecule has 8 nitrogen and oxygen atoms in total. The number of nitro benzene ring substituents is 2. The lowest BCUT2D eigenvalue weighted by Gasteiger charge is -2.02. The first-order valence-electron chi connectivity index (χ1n) is 3.72. The fourth-order valence-electron chi connectivity index (χ4n) is 0.954. The quantitative estimate of drug-likeness (QED) is 0.450. The van der Waals surface area contributed by atoms with Gasteiger partial charge in [-0.3, -0.25) is 20.2 Å². The van der Waals surface area contributed by atoms with Gasteiger partial charge >= 0.3 is 5.69 Å². The summed E-state index contributed by atoms with van der Waals surface area (Å²) in [5.74, 6) is -0.215. The topological polar surface area (TPSA) is 116 Å². The second-order valence-electron chi connectivity index (χ2n) is 2.44. The molecule has 0 radical (unpaired) electrons. The van der Waals surface area contributed by atoms with E-state index in [-0.39, 0.29) is 5.75 Å². The van der Waals surface area contributed by atoms with E-state index in [1.807, 2.05) is 0 Å². The lowest BCUT2D eigenvalue weighted by atomic mass is 10.2. The highest BCUT2D eigenvalue weighted by Crippen LogP contribution is 2.30. The molecule has 0 heterocycles. The van der Waals surface area contributed by atoms with Crippen LogP contribution in [0.3, 0.4) is 0 Å². The van der Waals surface area contributed by atoms with Crippen LogP contribution in [0.25, 0.3) is 0 Å². The fourth-order valence-corrected chi connectivity index (χ4v) is 0.954. The summed E-state index contributed by atoms with van der Waals surface area (Å²) in [7, 11) is 0. The molecule has 0 aliphatic rings. The van der Waals surface area contributed by atoms with Gasteiger partial charge in [0.25, 0.3) is 5.69 Å². The van der Waals surface area contributed by atoms with Gasteiger partial charge in [0.05, 0.1) is 15.9 Å². The Morgan fingerprint density at radius 1 is 1.27 bits per heavy atom. The summed E-state index contributed by atoms with van der Waals surface area (Å²) in [6, 6.07) is 2.88. The van der Waals surface area contributed by atoms with Crippen molar-refractivity contribution in [2.24, 2.45) is 0 Å². The highest BCUT2D eigenvalue weighted by molar-refractivity contribution is 5.53. The van der Waals surface area contributed by atoms with Crippen molar-refractivity contribution in [1.29, 1.82) is 0 Å². The van der Waals surface area contributed by atoms with Crippen LogP contribution < -0.4 is 4.74 Å². The zero-order chi connectivity index (χ0) is 11.4. The maximum Gasteiger partial charge on any atom is 0.317 e. The van der Waals surface area contributed by atoms with Gasteiger partial charge in [0, 0.05) is 6.07 Å². The van der Waals surface area contributed by atoms with Crippen molar-refractivity contribution < 1.29 is 19.7 Å². The molecule has 15 heavy (non-hydrogen) atoms. The van der Waals surface area contributed by atoms with Gasteiger partial charge in [0.2, 0.25) is 0 Å². The first-order chi connectivity index (χ1) is 7.06. The number of rotatable bonds is 4. The summed E-state index contributed by atoms with van der Waals surface area (Å²) in [4.78, 5) is 19.3. The Hall–Kier alpha value is -2.22. The van der Waals surface area contributed by atoms with Gasteiger partial charge < -0.3 is 9.84 Å². The van der Waals surface area contributed by atoms with Crippen molar-refractivity contribution in [3.8, 4) is 5.75 Å². The zero-order valence-electron chi connectivity index (χ0n) is 7.32. The number of non-ortho nitro benzene ring substituents is 1. The largest absolute Gasteiger partial charge is 0.461 e. The van der Waals surface area contributed by atoms with Crippen LogP contribution in [0.5, 0.6) is 5.75 Å². The molecule has 80 valence electrons. The predicted molar refractivity (Wildman–Crippen MR) is 47.5 cm³/mol. The Morgan fingerprint density at radius 2 is 1.93 bits per heavy atom. The summed E-state index contributed by atoms with van der Waals surface area (Å²) < 4.78 is 4.52. The number of aliphatic hydroxyl groups excluding tert-OH is 1. The van der Waals surface area contributed by atoms with Crippen LogP contribution in [0, 0.1) is 20.2 Å². The zero-order valence-corrected chi connectivity index (χ0v) is 7.32. The highest BCUT2D eigenvalue weighted by atomic mass is 16.6. The van der Waals surface area contributed by atoms with E-state index in [4.69, 9.17) is 5.11 Å². The highest BCUT2D eigenvalue weighted by Gasteiger charge is 2.20. The molecule has 0 atom stereocenters. The standard InChI is InChI=1S/C7H6N2O6/c10-4-15-7-2-1-5(8(11)12)3-6(7)9(13)14/h1-3,10H,4H2. The number of hydrogen-bond donors (Lipinski definition) is 1. The lowest BCUT2D eigenvalue weighted by Crippen LogP contribution is -2.00. The van der Waals surface area contributed by atoms with Crippen molar-refractivity contribution in [2.45, 2.75) is 0 Å². The van der Waals surface area contributed by atoms with E-state index in [0.717, 1.165) is 18.2 Å². The van der Waals surface area contributed by atoms with E-state index in [0.29, 0.717) is 0 Å². The number of nitrogens with zero attached hydrogens (tertiary/aromatic N) is 2. The molecule has 0 saturated heterocycles. The molecule has 0 saturated carbocycles. The molecule has 1 rings (SSSR count). The first-order valence-corrected chi connectivity index (χ1v) is 3.72. The monoisotopic (exact) mass is 214 g/mol. The van der Waals surface area contributed by atoms with Crippen LogP contribution in [0.4, 0.5) is 11.4 Å². The average Bonchev–Trinajstić information content (AvgIpc) is 2.18. The number of ether oxygens (including phenoxy) is 1. The summed E-state index contributed by atoms with van der Waals surface area (Å²) in [5, 5.41) is 29.3. The van der Waals surface area contributed by atoms with Crippen LogP contribution in [0.15, 0.2) is 18.2 Å². The van der Waals surface area contributed by atoms with Crippen molar-refractivity contribution in [3.63, 3.8) is 0 Å². The SMILES string of the molecule is O=[N+]([O-])c1ccc(OCO)c([N+](=O)[O-])c1. The molecule has 0 aliphatic carbocycles. The van der Waals surface area contributed by atoms with E-state index in [2.05, 4.69) is 4.74 Å². The van der Waals surface area contributed by atoms with E-state index in [9.17, 15) is 20.2 Å². The molecule has 0 amide bonds. The van der Waals surface area contributed by atoms with Crippen molar-refractivity contribution in [1.82, 2.24) is 0 Å². The minimum Gasteiger partial charge on any atom is -0.461 e. The smallest absolute Gasteiger partial charge is 0.317 e. The molecule has 1 aromatic carbocycles. The molecule has 1 aromatic rings. The first kappa shape index (κ1) is 10.9. The number of hydrogen-bond acceptors (Lipinski definition) is 6. The molecule has 0 aromatic heterocycles. The minimum atomic E-state index is -0.821. The molecule has 0 spiro atoms. The molecule has 0 bridgehead atoms. The normalized spacial score (nSPS) is 9.67. The third-order valence-corrected chi connectivity index (χ3v) is 1.57. The number of nitro groups is 2.